The Labute approximate surface area is 122 Å². The third-order valence-electron chi connectivity index (χ3n) is 3.46. The van der Waals surface area contributed by atoms with Gasteiger partial charge < -0.3 is 5.32 Å². The maximum absolute atomic E-state index is 12.6. The average Bonchev–Trinajstić information content (AvgIpc) is 2.47. The predicted molar refractivity (Wildman–Crippen MR) is 79.4 cm³/mol. The number of alkyl halides is 3. The second-order valence-corrected chi connectivity index (χ2v) is 5.11. The first-order valence-electron chi connectivity index (χ1n) is 6.93. The Hall–Kier alpha value is -1.97. The molecular formula is C17H18F3N. The molecule has 2 rings (SSSR count). The zero-order valence-corrected chi connectivity index (χ0v) is 11.8. The molecule has 0 amide bonds. The van der Waals surface area contributed by atoms with Crippen molar-refractivity contribution in [2.45, 2.75) is 25.4 Å². The lowest BCUT2D eigenvalue weighted by atomic mass is 9.98. The molecule has 0 aliphatic rings. The molecule has 0 saturated heterocycles. The molecule has 112 valence electrons. The molecule has 0 radical (unpaired) electrons. The summed E-state index contributed by atoms with van der Waals surface area (Å²) < 4.78 is 37.8. The minimum atomic E-state index is -4.30. The van der Waals surface area contributed by atoms with Crippen LogP contribution in [-0.2, 0) is 6.18 Å². The maximum Gasteiger partial charge on any atom is 0.416 e. The van der Waals surface area contributed by atoms with Gasteiger partial charge in [-0.2, -0.15) is 13.2 Å². The third-order valence-corrected chi connectivity index (χ3v) is 3.46. The summed E-state index contributed by atoms with van der Waals surface area (Å²) in [6.45, 7) is 2.75. The molecule has 0 spiro atoms. The number of nitrogens with one attached hydrogen (secondary N) is 1. The summed E-state index contributed by atoms with van der Waals surface area (Å²) >= 11 is 0. The Morgan fingerprint density at radius 3 is 2.38 bits per heavy atom. The standard InChI is InChI=1S/C17H18F3N/c1-13(14-6-3-2-4-7-14)10-11-21-16-9-5-8-15(12-16)17(18,19)20/h2-9,12-13,21H,10-11H2,1H3. The van der Waals surface area contributed by atoms with Gasteiger partial charge in [0.05, 0.1) is 5.56 Å². The minimum absolute atomic E-state index is 0.365. The molecule has 1 unspecified atom stereocenters. The highest BCUT2D eigenvalue weighted by molar-refractivity contribution is 5.46. The summed E-state index contributed by atoms with van der Waals surface area (Å²) in [5, 5.41) is 3.06. The normalized spacial score (nSPS) is 13.0. The van der Waals surface area contributed by atoms with Crippen molar-refractivity contribution in [3.05, 3.63) is 65.7 Å². The van der Waals surface area contributed by atoms with Crippen LogP contribution in [0.3, 0.4) is 0 Å². The van der Waals surface area contributed by atoms with Gasteiger partial charge in [-0.05, 0) is 36.1 Å². The number of hydrogen-bond donors (Lipinski definition) is 1. The smallest absolute Gasteiger partial charge is 0.385 e. The van der Waals surface area contributed by atoms with E-state index in [1.54, 1.807) is 6.07 Å². The van der Waals surface area contributed by atoms with Crippen LogP contribution in [0.5, 0.6) is 0 Å². The topological polar surface area (TPSA) is 12.0 Å². The minimum Gasteiger partial charge on any atom is -0.385 e. The highest BCUT2D eigenvalue weighted by Crippen LogP contribution is 2.30. The van der Waals surface area contributed by atoms with E-state index in [0.717, 1.165) is 18.6 Å². The van der Waals surface area contributed by atoms with E-state index in [1.165, 1.54) is 11.6 Å². The highest BCUT2D eigenvalue weighted by atomic mass is 19.4. The SMILES string of the molecule is CC(CCNc1cccc(C(F)(F)F)c1)c1ccccc1. The summed E-state index contributed by atoms with van der Waals surface area (Å²) in [5.74, 6) is 0.365. The lowest BCUT2D eigenvalue weighted by molar-refractivity contribution is -0.137. The van der Waals surface area contributed by atoms with Crippen LogP contribution in [0.15, 0.2) is 54.6 Å². The van der Waals surface area contributed by atoms with Crippen LogP contribution in [0.4, 0.5) is 18.9 Å². The number of rotatable bonds is 5. The van der Waals surface area contributed by atoms with Gasteiger partial charge in [-0.3, -0.25) is 0 Å². The van der Waals surface area contributed by atoms with Crippen molar-refractivity contribution in [2.75, 3.05) is 11.9 Å². The van der Waals surface area contributed by atoms with E-state index in [4.69, 9.17) is 0 Å². The van der Waals surface area contributed by atoms with E-state index >= 15 is 0 Å². The average molecular weight is 293 g/mol. The molecule has 0 heterocycles. The van der Waals surface area contributed by atoms with E-state index in [-0.39, 0.29) is 0 Å². The number of benzene rings is 2. The van der Waals surface area contributed by atoms with Crippen molar-refractivity contribution in [3.63, 3.8) is 0 Å². The molecule has 2 aromatic carbocycles. The molecule has 1 N–H and O–H groups in total. The molecule has 0 aliphatic heterocycles. The number of halogens is 3. The highest BCUT2D eigenvalue weighted by Gasteiger charge is 2.30. The van der Waals surface area contributed by atoms with Crippen LogP contribution in [0.2, 0.25) is 0 Å². The summed E-state index contributed by atoms with van der Waals surface area (Å²) in [5.41, 5.74) is 1.12. The molecule has 0 saturated carbocycles. The van der Waals surface area contributed by atoms with Crippen LogP contribution >= 0.6 is 0 Å². The lowest BCUT2D eigenvalue weighted by Crippen LogP contribution is -2.08. The van der Waals surface area contributed by atoms with Crippen molar-refractivity contribution in [2.24, 2.45) is 0 Å². The monoisotopic (exact) mass is 293 g/mol. The van der Waals surface area contributed by atoms with Gasteiger partial charge in [0.2, 0.25) is 0 Å². The van der Waals surface area contributed by atoms with Crippen LogP contribution < -0.4 is 5.32 Å². The Kier molecular flexibility index (Phi) is 4.89. The first kappa shape index (κ1) is 15.4. The van der Waals surface area contributed by atoms with Gasteiger partial charge in [-0.25, -0.2) is 0 Å². The quantitative estimate of drug-likeness (QED) is 0.787. The van der Waals surface area contributed by atoms with Gasteiger partial charge in [-0.15, -0.1) is 0 Å². The van der Waals surface area contributed by atoms with Gasteiger partial charge in [0.1, 0.15) is 0 Å². The molecule has 1 nitrogen and oxygen atoms in total. The zero-order valence-electron chi connectivity index (χ0n) is 11.8. The molecule has 0 aromatic heterocycles. The van der Waals surface area contributed by atoms with E-state index in [0.29, 0.717) is 18.2 Å². The van der Waals surface area contributed by atoms with Gasteiger partial charge >= 0.3 is 6.18 Å². The molecule has 0 bridgehead atoms. The molecule has 2 aromatic rings. The van der Waals surface area contributed by atoms with Crippen molar-refractivity contribution in [1.29, 1.82) is 0 Å². The van der Waals surface area contributed by atoms with Crippen LogP contribution in [0, 0.1) is 0 Å². The third kappa shape index (κ3) is 4.52. The Morgan fingerprint density at radius 2 is 1.71 bits per heavy atom. The summed E-state index contributed by atoms with van der Waals surface area (Å²) in [4.78, 5) is 0. The van der Waals surface area contributed by atoms with Crippen LogP contribution in [-0.4, -0.2) is 6.54 Å². The van der Waals surface area contributed by atoms with E-state index in [9.17, 15) is 13.2 Å². The van der Waals surface area contributed by atoms with Gasteiger partial charge in [-0.1, -0.05) is 43.3 Å². The first-order chi connectivity index (χ1) is 9.97. The largest absolute Gasteiger partial charge is 0.416 e. The van der Waals surface area contributed by atoms with E-state index in [2.05, 4.69) is 24.4 Å². The molecular weight excluding hydrogens is 275 g/mol. The Bertz CT molecular complexity index is 564. The zero-order chi connectivity index (χ0) is 15.3. The fraction of sp³-hybridized carbons (Fsp3) is 0.294. The second-order valence-electron chi connectivity index (χ2n) is 5.11. The molecule has 1 atom stereocenters. The molecule has 4 heteroatoms. The lowest BCUT2D eigenvalue weighted by Gasteiger charge is -2.14. The molecule has 21 heavy (non-hydrogen) atoms. The van der Waals surface area contributed by atoms with Crippen molar-refractivity contribution < 1.29 is 13.2 Å². The second kappa shape index (κ2) is 6.66. The summed E-state index contributed by atoms with van der Waals surface area (Å²) in [7, 11) is 0. The number of anilines is 1. The van der Waals surface area contributed by atoms with Gasteiger partial charge in [0.15, 0.2) is 0 Å². The first-order valence-corrected chi connectivity index (χ1v) is 6.93. The molecule has 0 aliphatic carbocycles. The van der Waals surface area contributed by atoms with Crippen molar-refractivity contribution in [1.82, 2.24) is 0 Å². The predicted octanol–water partition coefficient (Wildman–Crippen LogP) is 5.31. The Morgan fingerprint density at radius 1 is 1.00 bits per heavy atom. The van der Waals surface area contributed by atoms with Crippen LogP contribution in [0.1, 0.15) is 30.4 Å². The van der Waals surface area contributed by atoms with Crippen molar-refractivity contribution >= 4 is 5.69 Å². The summed E-state index contributed by atoms with van der Waals surface area (Å²) in [6.07, 6.45) is -3.44. The molecule has 0 fully saturated rings. The Balaban J connectivity index is 1.89. The summed E-state index contributed by atoms with van der Waals surface area (Å²) in [6, 6.07) is 15.4. The van der Waals surface area contributed by atoms with Crippen LogP contribution in [0.25, 0.3) is 0 Å². The fourth-order valence-corrected chi connectivity index (χ4v) is 2.19. The fourth-order valence-electron chi connectivity index (χ4n) is 2.19. The van der Waals surface area contributed by atoms with E-state index < -0.39 is 11.7 Å². The van der Waals surface area contributed by atoms with Gasteiger partial charge in [0.25, 0.3) is 0 Å². The van der Waals surface area contributed by atoms with Crippen molar-refractivity contribution in [3.8, 4) is 0 Å². The maximum atomic E-state index is 12.6. The van der Waals surface area contributed by atoms with E-state index in [1.807, 2.05) is 18.2 Å². The number of hydrogen-bond acceptors (Lipinski definition) is 1. The van der Waals surface area contributed by atoms with Gasteiger partial charge in [0, 0.05) is 12.2 Å².